The molecule has 3 aromatic carbocycles. The highest BCUT2D eigenvalue weighted by Gasteiger charge is 2.19. The molecular formula is C26H22N2O4. The van der Waals surface area contributed by atoms with E-state index in [2.05, 4.69) is 10.3 Å². The molecule has 0 saturated carbocycles. The molecule has 32 heavy (non-hydrogen) atoms. The maximum atomic E-state index is 12.7. The quantitative estimate of drug-likeness (QED) is 0.321. The Morgan fingerprint density at radius 1 is 0.875 bits per heavy atom. The van der Waals surface area contributed by atoms with Crippen LogP contribution in [0.1, 0.15) is 43.6 Å². The molecule has 0 unspecified atom stereocenters. The first-order valence-electron chi connectivity index (χ1n) is 10.3. The molecular weight excluding hydrogens is 404 g/mol. The predicted molar refractivity (Wildman–Crippen MR) is 123 cm³/mol. The van der Waals surface area contributed by atoms with Crippen LogP contribution in [-0.4, -0.2) is 29.3 Å². The lowest BCUT2D eigenvalue weighted by Gasteiger charge is -2.11. The number of carbonyl (C=O) groups excluding carboxylic acids is 3. The third-order valence-electron chi connectivity index (χ3n) is 5.25. The lowest BCUT2D eigenvalue weighted by atomic mass is 10.1. The van der Waals surface area contributed by atoms with Gasteiger partial charge < -0.3 is 15.0 Å². The molecule has 1 aromatic heterocycles. The molecule has 1 amide bonds. The minimum absolute atomic E-state index is 0.178. The summed E-state index contributed by atoms with van der Waals surface area (Å²) >= 11 is 0. The number of Topliss-reactive ketones (excluding diaryl/α,β-unsaturated/α-hetero) is 1. The molecule has 0 atom stereocenters. The van der Waals surface area contributed by atoms with Crippen molar-refractivity contribution in [2.75, 3.05) is 11.9 Å². The molecule has 0 aliphatic heterocycles. The van der Waals surface area contributed by atoms with Gasteiger partial charge in [0.25, 0.3) is 5.91 Å². The highest BCUT2D eigenvalue weighted by Crippen LogP contribution is 2.23. The smallest absolute Gasteiger partial charge is 0.340 e. The molecule has 6 heteroatoms. The van der Waals surface area contributed by atoms with Crippen LogP contribution in [0.4, 0.5) is 5.69 Å². The van der Waals surface area contributed by atoms with Gasteiger partial charge in [-0.1, -0.05) is 55.5 Å². The Balaban J connectivity index is 1.47. The monoisotopic (exact) mass is 426 g/mol. The molecule has 0 spiro atoms. The van der Waals surface area contributed by atoms with E-state index in [-0.39, 0.29) is 17.3 Å². The predicted octanol–water partition coefficient (Wildman–Crippen LogP) is 5.02. The number of rotatable bonds is 7. The molecule has 6 nitrogen and oxygen atoms in total. The third kappa shape index (κ3) is 4.30. The fourth-order valence-electron chi connectivity index (χ4n) is 3.58. The largest absolute Gasteiger partial charge is 0.454 e. The molecule has 1 heterocycles. The van der Waals surface area contributed by atoms with Gasteiger partial charge in [-0.05, 0) is 36.2 Å². The Bertz CT molecular complexity index is 1290. The van der Waals surface area contributed by atoms with Crippen molar-refractivity contribution in [1.29, 1.82) is 0 Å². The van der Waals surface area contributed by atoms with E-state index >= 15 is 0 Å². The van der Waals surface area contributed by atoms with E-state index in [0.29, 0.717) is 16.8 Å². The summed E-state index contributed by atoms with van der Waals surface area (Å²) in [4.78, 5) is 41.0. The van der Waals surface area contributed by atoms with Gasteiger partial charge in [0.15, 0.2) is 6.61 Å². The van der Waals surface area contributed by atoms with Gasteiger partial charge in [-0.3, -0.25) is 9.59 Å². The van der Waals surface area contributed by atoms with Crippen LogP contribution >= 0.6 is 0 Å². The van der Waals surface area contributed by atoms with E-state index in [9.17, 15) is 14.4 Å². The second-order valence-corrected chi connectivity index (χ2v) is 7.26. The Kier molecular flexibility index (Phi) is 6.12. The molecule has 0 bridgehead atoms. The van der Waals surface area contributed by atoms with Gasteiger partial charge in [-0.15, -0.1) is 0 Å². The number of aromatic nitrogens is 1. The van der Waals surface area contributed by atoms with E-state index < -0.39 is 12.6 Å². The number of hydrogen-bond acceptors (Lipinski definition) is 4. The summed E-state index contributed by atoms with van der Waals surface area (Å²) in [6.45, 7) is 1.65. The number of carbonyl (C=O) groups is 3. The number of aromatic amines is 1. The Morgan fingerprint density at radius 3 is 2.41 bits per heavy atom. The first kappa shape index (κ1) is 21.1. The molecule has 4 aromatic rings. The molecule has 160 valence electrons. The fourth-order valence-corrected chi connectivity index (χ4v) is 3.58. The molecule has 2 N–H and O–H groups in total. The standard InChI is InChI=1S/C26H22N2O4/c1-2-17-11-8-13-19-21(15-27-24(17)19)23(29)16-32-26(31)20-12-6-7-14-22(20)28-25(30)18-9-4-3-5-10-18/h3-15,27H,2,16H2,1H3,(H,28,30). The number of esters is 1. The zero-order valence-corrected chi connectivity index (χ0v) is 17.6. The number of para-hydroxylation sites is 2. The summed E-state index contributed by atoms with van der Waals surface area (Å²) in [5.41, 5.74) is 3.47. The van der Waals surface area contributed by atoms with Crippen LogP contribution in [0.25, 0.3) is 10.9 Å². The van der Waals surface area contributed by atoms with Crippen LogP contribution in [0.5, 0.6) is 0 Å². The van der Waals surface area contributed by atoms with E-state index in [1.807, 2.05) is 31.2 Å². The third-order valence-corrected chi connectivity index (χ3v) is 5.25. The molecule has 0 aliphatic carbocycles. The minimum atomic E-state index is -0.684. The number of nitrogens with one attached hydrogen (secondary N) is 2. The van der Waals surface area contributed by atoms with E-state index in [4.69, 9.17) is 4.74 Å². The summed E-state index contributed by atoms with van der Waals surface area (Å²) in [6, 6.07) is 21.0. The van der Waals surface area contributed by atoms with Crippen molar-refractivity contribution in [3.05, 3.63) is 101 Å². The summed E-state index contributed by atoms with van der Waals surface area (Å²) < 4.78 is 5.29. The van der Waals surface area contributed by atoms with Crippen molar-refractivity contribution in [2.24, 2.45) is 0 Å². The second kappa shape index (κ2) is 9.31. The fraction of sp³-hybridized carbons (Fsp3) is 0.115. The van der Waals surface area contributed by atoms with Crippen molar-refractivity contribution in [1.82, 2.24) is 4.98 Å². The second-order valence-electron chi connectivity index (χ2n) is 7.26. The molecule has 0 fully saturated rings. The normalized spacial score (nSPS) is 10.7. The van der Waals surface area contributed by atoms with Crippen LogP contribution in [0, 0.1) is 0 Å². The number of ketones is 1. The highest BCUT2D eigenvalue weighted by atomic mass is 16.5. The maximum Gasteiger partial charge on any atom is 0.340 e. The lowest BCUT2D eigenvalue weighted by molar-refractivity contribution is 0.0476. The van der Waals surface area contributed by atoms with E-state index in [0.717, 1.165) is 22.9 Å². The van der Waals surface area contributed by atoms with Crippen LogP contribution in [0.15, 0.2) is 79.0 Å². The Labute approximate surface area is 185 Å². The van der Waals surface area contributed by atoms with Crippen LogP contribution in [-0.2, 0) is 11.2 Å². The number of benzene rings is 3. The zero-order valence-electron chi connectivity index (χ0n) is 17.6. The van der Waals surface area contributed by atoms with Crippen molar-refractivity contribution < 1.29 is 19.1 Å². The first-order valence-corrected chi connectivity index (χ1v) is 10.3. The van der Waals surface area contributed by atoms with Crippen molar-refractivity contribution in [2.45, 2.75) is 13.3 Å². The number of ether oxygens (including phenoxy) is 1. The number of hydrogen-bond donors (Lipinski definition) is 2. The highest BCUT2D eigenvalue weighted by molar-refractivity contribution is 6.11. The number of H-pyrrole nitrogens is 1. The SMILES string of the molecule is CCc1cccc2c(C(=O)COC(=O)c3ccccc3NC(=O)c3ccccc3)c[nH]c12. The summed E-state index contributed by atoms with van der Waals surface area (Å²) in [7, 11) is 0. The van der Waals surface area contributed by atoms with Crippen molar-refractivity contribution >= 4 is 34.3 Å². The van der Waals surface area contributed by atoms with Gasteiger partial charge in [0.2, 0.25) is 5.78 Å². The molecule has 0 aliphatic rings. The van der Waals surface area contributed by atoms with Crippen LogP contribution in [0.3, 0.4) is 0 Å². The Hall–Kier alpha value is -4.19. The topological polar surface area (TPSA) is 88.3 Å². The number of amides is 1. The lowest BCUT2D eigenvalue weighted by Crippen LogP contribution is -2.18. The zero-order chi connectivity index (χ0) is 22.5. The first-order chi connectivity index (χ1) is 15.6. The van der Waals surface area contributed by atoms with Crippen molar-refractivity contribution in [3.63, 3.8) is 0 Å². The minimum Gasteiger partial charge on any atom is -0.454 e. The van der Waals surface area contributed by atoms with Gasteiger partial charge in [-0.2, -0.15) is 0 Å². The van der Waals surface area contributed by atoms with Gasteiger partial charge >= 0.3 is 5.97 Å². The number of fused-ring (bicyclic) bond motifs is 1. The van der Waals surface area contributed by atoms with E-state index in [1.165, 1.54) is 0 Å². The number of aryl methyl sites for hydroxylation is 1. The summed E-state index contributed by atoms with van der Waals surface area (Å²) in [5.74, 6) is -1.33. The van der Waals surface area contributed by atoms with Gasteiger partial charge in [0.1, 0.15) is 0 Å². The van der Waals surface area contributed by atoms with Crippen LogP contribution < -0.4 is 5.32 Å². The average Bonchev–Trinajstić information content (AvgIpc) is 3.27. The molecule has 4 rings (SSSR count). The van der Waals surface area contributed by atoms with Gasteiger partial charge in [0, 0.05) is 28.2 Å². The van der Waals surface area contributed by atoms with Gasteiger partial charge in [0.05, 0.1) is 11.3 Å². The van der Waals surface area contributed by atoms with Crippen molar-refractivity contribution in [3.8, 4) is 0 Å². The van der Waals surface area contributed by atoms with Crippen LogP contribution in [0.2, 0.25) is 0 Å². The maximum absolute atomic E-state index is 12.7. The Morgan fingerprint density at radius 2 is 1.62 bits per heavy atom. The van der Waals surface area contributed by atoms with E-state index in [1.54, 1.807) is 54.7 Å². The molecule has 0 saturated heterocycles. The number of anilines is 1. The summed E-state index contributed by atoms with van der Waals surface area (Å²) in [6.07, 6.45) is 2.49. The summed E-state index contributed by atoms with van der Waals surface area (Å²) in [5, 5.41) is 3.54. The molecule has 0 radical (unpaired) electrons. The average molecular weight is 426 g/mol. The van der Waals surface area contributed by atoms with Gasteiger partial charge in [-0.25, -0.2) is 4.79 Å².